The van der Waals surface area contributed by atoms with Gasteiger partial charge in [0.05, 0.1) is 17.9 Å². The van der Waals surface area contributed by atoms with Gasteiger partial charge in [0.2, 0.25) is 0 Å². The van der Waals surface area contributed by atoms with Crippen molar-refractivity contribution in [3.63, 3.8) is 0 Å². The van der Waals surface area contributed by atoms with E-state index in [1.54, 1.807) is 0 Å². The molecule has 2 rings (SSSR count). The first-order valence-electron chi connectivity index (χ1n) is 5.07. The summed E-state index contributed by atoms with van der Waals surface area (Å²) in [6.45, 7) is 2.01. The lowest BCUT2D eigenvalue weighted by molar-refractivity contribution is -0.134. The molecule has 0 spiro atoms. The van der Waals surface area contributed by atoms with E-state index in [0.29, 0.717) is 12.2 Å². The van der Waals surface area contributed by atoms with Crippen LogP contribution in [0.15, 0.2) is 22.4 Å². The van der Waals surface area contributed by atoms with Crippen LogP contribution >= 0.6 is 11.8 Å². The minimum atomic E-state index is -0.368. The average Bonchev–Trinajstić information content (AvgIpc) is 2.60. The van der Waals surface area contributed by atoms with Crippen molar-refractivity contribution in [3.05, 3.63) is 22.4 Å². The Labute approximate surface area is 98.1 Å². The number of rotatable bonds is 1. The van der Waals surface area contributed by atoms with Crippen LogP contribution in [0.5, 0.6) is 0 Å². The number of ketones is 1. The molecule has 0 radical (unpaired) electrons. The van der Waals surface area contributed by atoms with Gasteiger partial charge in [0, 0.05) is 17.3 Å². The molecule has 2 aliphatic rings. The van der Waals surface area contributed by atoms with Gasteiger partial charge in [0.15, 0.2) is 5.78 Å². The van der Waals surface area contributed by atoms with Gasteiger partial charge in [-0.25, -0.2) is 4.79 Å². The summed E-state index contributed by atoms with van der Waals surface area (Å²) in [5, 5.41) is 4.03. The third-order valence-corrected chi connectivity index (χ3v) is 3.70. The van der Waals surface area contributed by atoms with E-state index in [0.717, 1.165) is 16.3 Å². The highest BCUT2D eigenvalue weighted by molar-refractivity contribution is 8.04. The number of Topliss-reactive ketones (excluding diaryl/α,β-unsaturated/α-hetero) is 1. The Balaban J connectivity index is 2.22. The van der Waals surface area contributed by atoms with E-state index in [1.165, 1.54) is 24.9 Å². The molecule has 1 N–H and O–H groups in total. The molecule has 1 atom stereocenters. The van der Waals surface area contributed by atoms with Crippen molar-refractivity contribution in [3.8, 4) is 0 Å². The molecular weight excluding hydrogens is 226 g/mol. The van der Waals surface area contributed by atoms with Crippen LogP contribution < -0.4 is 5.32 Å². The molecule has 86 valence electrons. The second-order valence-corrected chi connectivity index (χ2v) is 4.86. The van der Waals surface area contributed by atoms with Crippen molar-refractivity contribution in [1.29, 1.82) is 0 Å². The quantitative estimate of drug-likeness (QED) is 0.550. The van der Waals surface area contributed by atoms with Crippen molar-refractivity contribution >= 4 is 23.5 Å². The van der Waals surface area contributed by atoms with E-state index in [9.17, 15) is 9.59 Å². The molecule has 0 aromatic rings. The molecule has 16 heavy (non-hydrogen) atoms. The number of ether oxygens (including phenoxy) is 1. The van der Waals surface area contributed by atoms with Crippen LogP contribution in [0, 0.1) is 5.92 Å². The standard InChI is InChI=1S/C11H13NO3S/c1-6-3-7(4-9(14)15-2)12-11-10(6)8(13)5-16-11/h4,6,12H,3,5H2,1-2H3/b7-4+/t6-/m1/s1. The Kier molecular flexibility index (Phi) is 3.05. The molecule has 0 aromatic carbocycles. The Hall–Kier alpha value is -1.23. The average molecular weight is 239 g/mol. The molecule has 0 aromatic heterocycles. The number of carbonyl (C=O) groups is 2. The highest BCUT2D eigenvalue weighted by Gasteiger charge is 2.32. The number of hydrogen-bond acceptors (Lipinski definition) is 5. The SMILES string of the molecule is COC(=O)/C=C1\C[C@@H](C)C2=C(N1)SCC2=O. The lowest BCUT2D eigenvalue weighted by Crippen LogP contribution is -2.24. The number of carbonyl (C=O) groups excluding carboxylic acids is 2. The lowest BCUT2D eigenvalue weighted by atomic mass is 9.91. The lowest BCUT2D eigenvalue weighted by Gasteiger charge is -2.23. The van der Waals surface area contributed by atoms with Gasteiger partial charge in [-0.1, -0.05) is 18.7 Å². The number of hydrogen-bond donors (Lipinski definition) is 1. The summed E-state index contributed by atoms with van der Waals surface area (Å²) in [7, 11) is 1.35. The summed E-state index contributed by atoms with van der Waals surface area (Å²) >= 11 is 1.50. The number of allylic oxidation sites excluding steroid dienone is 2. The van der Waals surface area contributed by atoms with E-state index in [-0.39, 0.29) is 17.7 Å². The minimum Gasteiger partial charge on any atom is -0.466 e. The smallest absolute Gasteiger partial charge is 0.332 e. The maximum Gasteiger partial charge on any atom is 0.332 e. The van der Waals surface area contributed by atoms with E-state index in [1.807, 2.05) is 6.92 Å². The molecule has 0 bridgehead atoms. The van der Waals surface area contributed by atoms with E-state index in [4.69, 9.17) is 0 Å². The molecular formula is C11H13NO3S. The van der Waals surface area contributed by atoms with Crippen LogP contribution in [0.1, 0.15) is 13.3 Å². The fraction of sp³-hybridized carbons (Fsp3) is 0.455. The fourth-order valence-corrected chi connectivity index (χ4v) is 3.05. The molecule has 2 heterocycles. The zero-order valence-corrected chi connectivity index (χ0v) is 10.0. The summed E-state index contributed by atoms with van der Waals surface area (Å²) in [6, 6.07) is 0. The zero-order valence-electron chi connectivity index (χ0n) is 9.20. The first kappa shape index (κ1) is 11.3. The number of nitrogens with one attached hydrogen (secondary N) is 1. The summed E-state index contributed by atoms with van der Waals surface area (Å²) in [5.41, 5.74) is 1.70. The Bertz CT molecular complexity index is 411. The van der Waals surface area contributed by atoms with Crippen LogP contribution in [0.4, 0.5) is 0 Å². The van der Waals surface area contributed by atoms with Crippen LogP contribution in [-0.4, -0.2) is 24.6 Å². The maximum absolute atomic E-state index is 11.6. The van der Waals surface area contributed by atoms with Gasteiger partial charge in [0.1, 0.15) is 0 Å². The van der Waals surface area contributed by atoms with Gasteiger partial charge in [-0.05, 0) is 12.3 Å². The highest BCUT2D eigenvalue weighted by atomic mass is 32.2. The van der Waals surface area contributed by atoms with Crippen LogP contribution in [-0.2, 0) is 14.3 Å². The summed E-state index contributed by atoms with van der Waals surface area (Å²) in [5.74, 6) is 0.521. The van der Waals surface area contributed by atoms with Gasteiger partial charge in [0.25, 0.3) is 0 Å². The monoisotopic (exact) mass is 239 g/mol. The predicted octanol–water partition coefficient (Wildman–Crippen LogP) is 1.20. The normalized spacial score (nSPS) is 26.8. The molecule has 0 saturated heterocycles. The molecule has 0 amide bonds. The Morgan fingerprint density at radius 1 is 1.62 bits per heavy atom. The summed E-state index contributed by atoms with van der Waals surface area (Å²) in [4.78, 5) is 22.7. The summed E-state index contributed by atoms with van der Waals surface area (Å²) in [6.07, 6.45) is 2.13. The highest BCUT2D eigenvalue weighted by Crippen LogP contribution is 2.38. The number of esters is 1. The zero-order chi connectivity index (χ0) is 11.7. The molecule has 0 fully saturated rings. The topological polar surface area (TPSA) is 55.4 Å². The van der Waals surface area contributed by atoms with Crippen molar-refractivity contribution in [1.82, 2.24) is 5.32 Å². The van der Waals surface area contributed by atoms with Gasteiger partial charge < -0.3 is 10.1 Å². The molecule has 0 unspecified atom stereocenters. The molecule has 0 saturated carbocycles. The van der Waals surface area contributed by atoms with Crippen LogP contribution in [0.25, 0.3) is 0 Å². The van der Waals surface area contributed by atoms with Gasteiger partial charge in [-0.15, -0.1) is 0 Å². The Morgan fingerprint density at radius 2 is 2.38 bits per heavy atom. The second kappa shape index (κ2) is 4.33. The Morgan fingerprint density at radius 3 is 3.06 bits per heavy atom. The molecule has 5 heteroatoms. The number of thioether (sulfide) groups is 1. The van der Waals surface area contributed by atoms with E-state index in [2.05, 4.69) is 10.1 Å². The molecule has 0 aliphatic carbocycles. The van der Waals surface area contributed by atoms with E-state index >= 15 is 0 Å². The molecule has 4 nitrogen and oxygen atoms in total. The van der Waals surface area contributed by atoms with Gasteiger partial charge >= 0.3 is 5.97 Å². The van der Waals surface area contributed by atoms with Crippen molar-refractivity contribution in [2.45, 2.75) is 13.3 Å². The van der Waals surface area contributed by atoms with E-state index < -0.39 is 0 Å². The van der Waals surface area contributed by atoms with Crippen LogP contribution in [0.3, 0.4) is 0 Å². The maximum atomic E-state index is 11.6. The van der Waals surface area contributed by atoms with Gasteiger partial charge in [-0.3, -0.25) is 4.79 Å². The number of methoxy groups -OCH3 is 1. The third-order valence-electron chi connectivity index (χ3n) is 2.68. The third kappa shape index (κ3) is 2.00. The van der Waals surface area contributed by atoms with Crippen molar-refractivity contribution in [2.24, 2.45) is 5.92 Å². The first-order chi connectivity index (χ1) is 7.61. The fourth-order valence-electron chi connectivity index (χ4n) is 1.95. The minimum absolute atomic E-state index is 0.176. The first-order valence-corrected chi connectivity index (χ1v) is 6.06. The summed E-state index contributed by atoms with van der Waals surface area (Å²) < 4.78 is 4.58. The van der Waals surface area contributed by atoms with Crippen LogP contribution in [0.2, 0.25) is 0 Å². The molecule has 2 aliphatic heterocycles. The second-order valence-electron chi connectivity index (χ2n) is 3.88. The predicted molar refractivity (Wildman–Crippen MR) is 61.5 cm³/mol. The largest absolute Gasteiger partial charge is 0.466 e. The van der Waals surface area contributed by atoms with Crippen molar-refractivity contribution < 1.29 is 14.3 Å². The van der Waals surface area contributed by atoms with Crippen molar-refractivity contribution in [2.75, 3.05) is 12.9 Å². The van der Waals surface area contributed by atoms with Gasteiger partial charge in [-0.2, -0.15) is 0 Å².